The molecule has 1 aromatic rings. The maximum atomic E-state index is 12.5. The van der Waals surface area contributed by atoms with Gasteiger partial charge in [-0.1, -0.05) is 33.8 Å². The summed E-state index contributed by atoms with van der Waals surface area (Å²) < 4.78 is 5.20. The first-order valence-electron chi connectivity index (χ1n) is 6.83. The summed E-state index contributed by atoms with van der Waals surface area (Å²) in [7, 11) is 1.51. The Morgan fingerprint density at radius 2 is 1.85 bits per heavy atom. The van der Waals surface area contributed by atoms with Crippen LogP contribution >= 0.6 is 0 Å². The number of ether oxygens (including phenoxy) is 1. The summed E-state index contributed by atoms with van der Waals surface area (Å²) >= 11 is 0. The predicted molar refractivity (Wildman–Crippen MR) is 77.0 cm³/mol. The topological polar surface area (TPSA) is 46.6 Å². The molecule has 0 radical (unpaired) electrons. The van der Waals surface area contributed by atoms with Gasteiger partial charge in [0.2, 0.25) is 0 Å². The summed E-state index contributed by atoms with van der Waals surface area (Å²) in [6.07, 6.45) is 0. The third-order valence-electron chi connectivity index (χ3n) is 4.31. The smallest absolute Gasteiger partial charge is 0.265 e. The number of nitrogens with zero attached hydrogens (tertiary/aromatic N) is 1. The van der Waals surface area contributed by atoms with E-state index in [1.165, 1.54) is 12.0 Å². The van der Waals surface area contributed by atoms with Gasteiger partial charge in [-0.05, 0) is 23.5 Å². The van der Waals surface area contributed by atoms with Crippen LogP contribution in [0.15, 0.2) is 18.2 Å². The lowest BCUT2D eigenvalue weighted by molar-refractivity contribution is 0.0553. The highest BCUT2D eigenvalue weighted by molar-refractivity contribution is 6.22. The zero-order valence-corrected chi connectivity index (χ0v) is 12.7. The third kappa shape index (κ3) is 2.19. The van der Waals surface area contributed by atoms with Crippen LogP contribution in [0.2, 0.25) is 0 Å². The van der Waals surface area contributed by atoms with Gasteiger partial charge in [0.25, 0.3) is 11.8 Å². The first-order chi connectivity index (χ1) is 9.29. The maximum Gasteiger partial charge on any atom is 0.265 e. The van der Waals surface area contributed by atoms with E-state index in [1.807, 2.05) is 0 Å². The van der Waals surface area contributed by atoms with E-state index in [0.29, 0.717) is 29.3 Å². The summed E-state index contributed by atoms with van der Waals surface area (Å²) in [5.74, 6) is 0.355. The molecule has 0 spiro atoms. The van der Waals surface area contributed by atoms with E-state index in [-0.39, 0.29) is 17.2 Å². The van der Waals surface area contributed by atoms with Crippen molar-refractivity contribution in [1.82, 2.24) is 4.90 Å². The molecule has 0 unspecified atom stereocenters. The van der Waals surface area contributed by atoms with Gasteiger partial charge < -0.3 is 4.74 Å². The highest BCUT2D eigenvalue weighted by atomic mass is 16.5. The van der Waals surface area contributed by atoms with Crippen LogP contribution in [0, 0.1) is 11.3 Å². The summed E-state index contributed by atoms with van der Waals surface area (Å²) in [5.41, 5.74) is 0.703. The van der Waals surface area contributed by atoms with Crippen LogP contribution < -0.4 is 4.74 Å². The monoisotopic (exact) mass is 275 g/mol. The number of methoxy groups -OCH3 is 1. The van der Waals surface area contributed by atoms with Crippen LogP contribution in [0.1, 0.15) is 48.4 Å². The molecular formula is C16H21NO3. The minimum absolute atomic E-state index is 0.124. The van der Waals surface area contributed by atoms with Crippen molar-refractivity contribution in [2.45, 2.75) is 27.7 Å². The molecular weight excluding hydrogens is 254 g/mol. The lowest BCUT2D eigenvalue weighted by Gasteiger charge is -2.32. The van der Waals surface area contributed by atoms with Crippen LogP contribution in [0.4, 0.5) is 0 Å². The molecule has 1 aromatic carbocycles. The molecule has 0 saturated heterocycles. The average molecular weight is 275 g/mol. The van der Waals surface area contributed by atoms with E-state index in [9.17, 15) is 9.59 Å². The van der Waals surface area contributed by atoms with Crippen LogP contribution in [0.3, 0.4) is 0 Å². The minimum atomic E-state index is -0.254. The summed E-state index contributed by atoms with van der Waals surface area (Å²) in [6, 6.07) is 5.13. The van der Waals surface area contributed by atoms with Crippen molar-refractivity contribution in [2.75, 3.05) is 13.7 Å². The molecule has 0 fully saturated rings. The SMILES string of the molecule is COc1cccc2c1C(=O)N(CC(C)(C)C(C)C)C2=O. The Morgan fingerprint density at radius 1 is 1.20 bits per heavy atom. The Morgan fingerprint density at radius 3 is 2.40 bits per heavy atom. The van der Waals surface area contributed by atoms with Gasteiger partial charge in [-0.25, -0.2) is 0 Å². The Balaban J connectivity index is 2.38. The lowest BCUT2D eigenvalue weighted by atomic mass is 9.81. The summed E-state index contributed by atoms with van der Waals surface area (Å²) in [5, 5.41) is 0. The van der Waals surface area contributed by atoms with Gasteiger partial charge in [-0.2, -0.15) is 0 Å². The highest BCUT2D eigenvalue weighted by Gasteiger charge is 2.41. The predicted octanol–water partition coefficient (Wildman–Crippen LogP) is 2.97. The number of fused-ring (bicyclic) bond motifs is 1. The van der Waals surface area contributed by atoms with Gasteiger partial charge in [0.05, 0.1) is 18.2 Å². The standard InChI is InChI=1S/C16H21NO3/c1-10(2)16(3,4)9-17-14(18)11-7-6-8-12(20-5)13(11)15(17)19/h6-8,10H,9H2,1-5H3. The van der Waals surface area contributed by atoms with Gasteiger partial charge >= 0.3 is 0 Å². The molecule has 108 valence electrons. The number of rotatable bonds is 4. The molecule has 0 N–H and O–H groups in total. The minimum Gasteiger partial charge on any atom is -0.496 e. The molecule has 1 heterocycles. The Hall–Kier alpha value is -1.84. The van der Waals surface area contributed by atoms with E-state index in [2.05, 4.69) is 27.7 Å². The molecule has 0 aromatic heterocycles. The van der Waals surface area contributed by atoms with E-state index in [1.54, 1.807) is 18.2 Å². The molecule has 0 bridgehead atoms. The molecule has 1 aliphatic heterocycles. The molecule has 2 amide bonds. The van der Waals surface area contributed by atoms with E-state index < -0.39 is 0 Å². The van der Waals surface area contributed by atoms with Gasteiger partial charge in [-0.3, -0.25) is 14.5 Å². The second-order valence-electron chi connectivity index (χ2n) is 6.22. The van der Waals surface area contributed by atoms with Gasteiger partial charge in [0, 0.05) is 6.54 Å². The second-order valence-corrected chi connectivity index (χ2v) is 6.22. The quantitative estimate of drug-likeness (QED) is 0.794. The molecule has 1 aliphatic rings. The van der Waals surface area contributed by atoms with Crippen LogP contribution in [-0.4, -0.2) is 30.4 Å². The van der Waals surface area contributed by atoms with E-state index in [4.69, 9.17) is 4.74 Å². The molecule has 4 heteroatoms. The molecule has 0 aliphatic carbocycles. The van der Waals surface area contributed by atoms with Crippen molar-refractivity contribution in [1.29, 1.82) is 0 Å². The first kappa shape index (κ1) is 14.6. The average Bonchev–Trinajstić information content (AvgIpc) is 2.63. The number of hydrogen-bond donors (Lipinski definition) is 0. The second kappa shape index (κ2) is 4.93. The van der Waals surface area contributed by atoms with Crippen molar-refractivity contribution in [3.8, 4) is 5.75 Å². The first-order valence-corrected chi connectivity index (χ1v) is 6.83. The molecule has 0 saturated carbocycles. The molecule has 0 atom stereocenters. The number of amides is 2. The van der Waals surface area contributed by atoms with Gasteiger partial charge in [0.15, 0.2) is 0 Å². The third-order valence-corrected chi connectivity index (χ3v) is 4.31. The van der Waals surface area contributed by atoms with Crippen molar-refractivity contribution in [2.24, 2.45) is 11.3 Å². The zero-order chi connectivity index (χ0) is 15.1. The van der Waals surface area contributed by atoms with Crippen molar-refractivity contribution in [3.63, 3.8) is 0 Å². The molecule has 2 rings (SSSR count). The zero-order valence-electron chi connectivity index (χ0n) is 12.7. The Labute approximate surface area is 119 Å². The fourth-order valence-corrected chi connectivity index (χ4v) is 2.21. The van der Waals surface area contributed by atoms with E-state index in [0.717, 1.165) is 0 Å². The number of carbonyl (C=O) groups excluding carboxylic acids is 2. The number of hydrogen-bond acceptors (Lipinski definition) is 3. The van der Waals surface area contributed by atoms with E-state index >= 15 is 0 Å². The Kier molecular flexibility index (Phi) is 3.59. The van der Waals surface area contributed by atoms with Gasteiger partial charge in [0.1, 0.15) is 5.75 Å². The fourth-order valence-electron chi connectivity index (χ4n) is 2.21. The van der Waals surface area contributed by atoms with Crippen molar-refractivity contribution >= 4 is 11.8 Å². The normalized spacial score (nSPS) is 15.0. The molecule has 20 heavy (non-hydrogen) atoms. The lowest BCUT2D eigenvalue weighted by Crippen LogP contribution is -2.40. The van der Waals surface area contributed by atoms with Gasteiger partial charge in [-0.15, -0.1) is 0 Å². The highest BCUT2D eigenvalue weighted by Crippen LogP contribution is 2.34. The van der Waals surface area contributed by atoms with Crippen LogP contribution in [-0.2, 0) is 0 Å². The molecule has 4 nitrogen and oxygen atoms in total. The van der Waals surface area contributed by atoms with Crippen molar-refractivity contribution < 1.29 is 14.3 Å². The number of benzene rings is 1. The van der Waals surface area contributed by atoms with Crippen molar-refractivity contribution in [3.05, 3.63) is 29.3 Å². The largest absolute Gasteiger partial charge is 0.496 e. The summed E-state index contributed by atoms with van der Waals surface area (Å²) in [4.78, 5) is 26.3. The summed E-state index contributed by atoms with van der Waals surface area (Å²) in [6.45, 7) is 8.74. The fraction of sp³-hybridized carbons (Fsp3) is 0.500. The number of imide groups is 1. The number of carbonyl (C=O) groups is 2. The van der Waals surface area contributed by atoms with Crippen LogP contribution in [0.5, 0.6) is 5.75 Å². The van der Waals surface area contributed by atoms with Crippen LogP contribution in [0.25, 0.3) is 0 Å². The maximum absolute atomic E-state index is 12.5. The Bertz CT molecular complexity index is 561.